The van der Waals surface area contributed by atoms with Crippen molar-refractivity contribution in [3.05, 3.63) is 128 Å². The molecule has 5 aromatic carbocycles. The Labute approximate surface area is 219 Å². The second-order valence-electron chi connectivity index (χ2n) is 9.58. The van der Waals surface area contributed by atoms with Crippen molar-refractivity contribution < 1.29 is 0 Å². The van der Waals surface area contributed by atoms with Crippen LogP contribution in [0.15, 0.2) is 128 Å². The van der Waals surface area contributed by atoms with Crippen LogP contribution in [0.1, 0.15) is 0 Å². The molecule has 37 heavy (non-hydrogen) atoms. The molecule has 0 N–H and O–H groups in total. The lowest BCUT2D eigenvalue weighted by atomic mass is 9.80. The van der Waals surface area contributed by atoms with E-state index in [1.54, 1.807) is 0 Å². The number of hydrogen-bond acceptors (Lipinski definition) is 2. The molecule has 172 valence electrons. The lowest BCUT2D eigenvalue weighted by Crippen LogP contribution is -1.97. The molecule has 0 bridgehead atoms. The quantitative estimate of drug-likeness (QED) is 0.224. The van der Waals surface area contributed by atoms with Gasteiger partial charge < -0.3 is 0 Å². The van der Waals surface area contributed by atoms with E-state index in [1.807, 2.05) is 23.7 Å². The first-order valence-electron chi connectivity index (χ1n) is 12.5. The van der Waals surface area contributed by atoms with Crippen LogP contribution in [0, 0.1) is 0 Å². The third-order valence-corrected chi connectivity index (χ3v) is 8.72. The van der Waals surface area contributed by atoms with Crippen LogP contribution in [0.3, 0.4) is 0 Å². The average Bonchev–Trinajstić information content (AvgIpc) is 3.34. The summed E-state index contributed by atoms with van der Waals surface area (Å²) in [6.07, 6.45) is 3.87. The molecule has 2 aromatic heterocycles. The molecular weight excluding hydrogens is 466 g/mol. The van der Waals surface area contributed by atoms with Crippen molar-refractivity contribution in [3.63, 3.8) is 0 Å². The summed E-state index contributed by atoms with van der Waals surface area (Å²) in [6, 6.07) is 42.3. The number of thiophene rings is 1. The third kappa shape index (κ3) is 3.13. The molecule has 0 aliphatic heterocycles. The predicted octanol–water partition coefficient (Wildman–Crippen LogP) is 10.1. The summed E-state index contributed by atoms with van der Waals surface area (Å²) >= 11 is 1.83. The second kappa shape index (κ2) is 7.99. The lowest BCUT2D eigenvalue weighted by Gasteiger charge is -2.23. The minimum Gasteiger partial charge on any atom is -0.264 e. The van der Waals surface area contributed by atoms with Gasteiger partial charge in [0.15, 0.2) is 0 Å². The van der Waals surface area contributed by atoms with Crippen molar-refractivity contribution in [1.29, 1.82) is 0 Å². The first-order valence-corrected chi connectivity index (χ1v) is 13.4. The van der Waals surface area contributed by atoms with Crippen molar-refractivity contribution in [2.45, 2.75) is 0 Å². The summed E-state index contributed by atoms with van der Waals surface area (Å²) in [5, 5.41) is 2.50. The predicted molar refractivity (Wildman–Crippen MR) is 158 cm³/mol. The van der Waals surface area contributed by atoms with Gasteiger partial charge in [-0.05, 0) is 79.9 Å². The van der Waals surface area contributed by atoms with Crippen LogP contribution >= 0.6 is 11.3 Å². The maximum absolute atomic E-state index is 4.39. The number of aromatic nitrogens is 1. The molecule has 8 rings (SSSR count). The number of hydrogen-bond donors (Lipinski definition) is 0. The van der Waals surface area contributed by atoms with Gasteiger partial charge in [0.25, 0.3) is 0 Å². The van der Waals surface area contributed by atoms with E-state index >= 15 is 0 Å². The molecular formula is C35H21NS. The summed E-state index contributed by atoms with van der Waals surface area (Å²) < 4.78 is 2.58. The smallest absolute Gasteiger partial charge is 0.0386 e. The summed E-state index contributed by atoms with van der Waals surface area (Å²) in [6.45, 7) is 0. The van der Waals surface area contributed by atoms with E-state index < -0.39 is 0 Å². The third-order valence-electron chi connectivity index (χ3n) is 7.57. The van der Waals surface area contributed by atoms with Crippen molar-refractivity contribution in [2.75, 3.05) is 0 Å². The average molecular weight is 488 g/mol. The van der Waals surface area contributed by atoms with Crippen LogP contribution in [0.2, 0.25) is 0 Å². The molecule has 2 heteroatoms. The maximum Gasteiger partial charge on any atom is 0.0386 e. The standard InChI is InChI=1S/C35H21NS/c1-2-8-25-24(7-1)26-9-3-4-11-28(26)30-15-13-22(19-31(30)29-12-6-5-10-27(25)29)23-14-16-34-32(20-23)33-21-36-18-17-35(33)37-34/h1-21H. The number of nitrogens with zero attached hydrogens (tertiary/aromatic N) is 1. The van der Waals surface area contributed by atoms with E-state index in [2.05, 4.69) is 120 Å². The van der Waals surface area contributed by atoms with Crippen molar-refractivity contribution in [3.8, 4) is 55.6 Å². The van der Waals surface area contributed by atoms with E-state index in [9.17, 15) is 0 Å². The summed E-state index contributed by atoms with van der Waals surface area (Å²) in [4.78, 5) is 4.39. The first kappa shape index (κ1) is 20.6. The molecule has 0 saturated carbocycles. The Kier molecular flexibility index (Phi) is 4.46. The van der Waals surface area contributed by atoms with Crippen LogP contribution in [0.4, 0.5) is 0 Å². The molecule has 2 heterocycles. The normalized spacial score (nSPS) is 11.8. The Bertz CT molecular complexity index is 1990. The fourth-order valence-electron chi connectivity index (χ4n) is 5.84. The van der Waals surface area contributed by atoms with E-state index in [-0.39, 0.29) is 0 Å². The number of pyridine rings is 1. The van der Waals surface area contributed by atoms with Gasteiger partial charge in [0, 0.05) is 32.6 Å². The Morgan fingerprint density at radius 3 is 1.51 bits per heavy atom. The van der Waals surface area contributed by atoms with Gasteiger partial charge in [0.2, 0.25) is 0 Å². The summed E-state index contributed by atoms with van der Waals surface area (Å²) in [5.41, 5.74) is 12.7. The van der Waals surface area contributed by atoms with Gasteiger partial charge in [0.1, 0.15) is 0 Å². The molecule has 0 fully saturated rings. The van der Waals surface area contributed by atoms with E-state index in [1.165, 1.54) is 75.8 Å². The first-order chi connectivity index (χ1) is 18.3. The van der Waals surface area contributed by atoms with Gasteiger partial charge in [-0.2, -0.15) is 0 Å². The fourth-order valence-corrected chi connectivity index (χ4v) is 6.89. The van der Waals surface area contributed by atoms with E-state index in [4.69, 9.17) is 0 Å². The Morgan fingerprint density at radius 2 is 0.892 bits per heavy atom. The highest BCUT2D eigenvalue weighted by Crippen LogP contribution is 2.48. The zero-order chi connectivity index (χ0) is 24.3. The minimum atomic E-state index is 1.23. The zero-order valence-electron chi connectivity index (χ0n) is 20.0. The summed E-state index contributed by atoms with van der Waals surface area (Å²) in [7, 11) is 0. The van der Waals surface area contributed by atoms with Crippen LogP contribution in [-0.4, -0.2) is 4.98 Å². The van der Waals surface area contributed by atoms with Gasteiger partial charge in [-0.25, -0.2) is 0 Å². The topological polar surface area (TPSA) is 12.9 Å². The number of benzene rings is 5. The van der Waals surface area contributed by atoms with E-state index in [0.29, 0.717) is 0 Å². The maximum atomic E-state index is 4.39. The molecule has 0 spiro atoms. The molecule has 0 saturated heterocycles. The second-order valence-corrected chi connectivity index (χ2v) is 10.7. The van der Waals surface area contributed by atoms with Crippen molar-refractivity contribution >= 4 is 31.5 Å². The monoisotopic (exact) mass is 487 g/mol. The highest BCUT2D eigenvalue weighted by Gasteiger charge is 2.21. The SMILES string of the molecule is c1ccc2c(c1)-c1ccccc1-c1ccc(-c3ccc4sc5ccncc5c4c3)cc1-c1ccccc1-2. The fraction of sp³-hybridized carbons (Fsp3) is 0. The van der Waals surface area contributed by atoms with Gasteiger partial charge in [0.05, 0.1) is 0 Å². The Hall–Kier alpha value is -4.53. The highest BCUT2D eigenvalue weighted by atomic mass is 32.1. The van der Waals surface area contributed by atoms with Crippen LogP contribution in [0.5, 0.6) is 0 Å². The molecule has 0 amide bonds. The molecule has 0 unspecified atom stereocenters. The lowest BCUT2D eigenvalue weighted by molar-refractivity contribution is 1.37. The summed E-state index contributed by atoms with van der Waals surface area (Å²) in [5.74, 6) is 0. The molecule has 0 radical (unpaired) electrons. The Morgan fingerprint density at radius 1 is 0.405 bits per heavy atom. The zero-order valence-corrected chi connectivity index (χ0v) is 20.8. The molecule has 0 atom stereocenters. The van der Waals surface area contributed by atoms with Gasteiger partial charge in [-0.3, -0.25) is 4.98 Å². The minimum absolute atomic E-state index is 1.23. The van der Waals surface area contributed by atoms with Crippen LogP contribution < -0.4 is 0 Å². The Balaban J connectivity index is 1.41. The number of rotatable bonds is 1. The van der Waals surface area contributed by atoms with Gasteiger partial charge >= 0.3 is 0 Å². The molecule has 1 aliphatic carbocycles. The van der Waals surface area contributed by atoms with Crippen molar-refractivity contribution in [1.82, 2.24) is 4.98 Å². The van der Waals surface area contributed by atoms with Gasteiger partial charge in [-0.1, -0.05) is 91.0 Å². The van der Waals surface area contributed by atoms with E-state index in [0.717, 1.165) is 0 Å². The van der Waals surface area contributed by atoms with Crippen molar-refractivity contribution in [2.24, 2.45) is 0 Å². The van der Waals surface area contributed by atoms with Gasteiger partial charge in [-0.15, -0.1) is 11.3 Å². The molecule has 7 aromatic rings. The molecule has 1 aliphatic rings. The van der Waals surface area contributed by atoms with Crippen LogP contribution in [0.25, 0.3) is 75.8 Å². The highest BCUT2D eigenvalue weighted by molar-refractivity contribution is 7.25. The number of fused-ring (bicyclic) bond motifs is 11. The largest absolute Gasteiger partial charge is 0.264 e. The molecule has 1 nitrogen and oxygen atoms in total. The van der Waals surface area contributed by atoms with Crippen LogP contribution in [-0.2, 0) is 0 Å².